The molecule has 0 radical (unpaired) electrons. The predicted molar refractivity (Wildman–Crippen MR) is 63.1 cm³/mol. The van der Waals surface area contributed by atoms with E-state index in [1.165, 1.54) is 13.3 Å². The van der Waals surface area contributed by atoms with Crippen LogP contribution in [-0.4, -0.2) is 29.9 Å². The van der Waals surface area contributed by atoms with Crippen molar-refractivity contribution in [2.75, 3.05) is 13.7 Å². The van der Waals surface area contributed by atoms with Gasteiger partial charge in [0.1, 0.15) is 5.75 Å². The Bertz CT molecular complexity index is 358. The highest BCUT2D eigenvalue weighted by Crippen LogP contribution is 2.15. The Kier molecular flexibility index (Phi) is 5.05. The molecule has 0 aliphatic carbocycles. The van der Waals surface area contributed by atoms with Gasteiger partial charge < -0.3 is 10.1 Å². The third-order valence-electron chi connectivity index (χ3n) is 2.18. The maximum Gasteiger partial charge on any atom is 0.255 e. The summed E-state index contributed by atoms with van der Waals surface area (Å²) in [5, 5.41) is 2.70. The fourth-order valence-corrected chi connectivity index (χ4v) is 1.25. The lowest BCUT2D eigenvalue weighted by atomic mass is 10.2. The first kappa shape index (κ1) is 12.8. The summed E-state index contributed by atoms with van der Waals surface area (Å²) in [6.45, 7) is 2.42. The highest BCUT2D eigenvalue weighted by Gasteiger charge is 2.12. The number of rotatable bonds is 5. The smallest absolute Gasteiger partial charge is 0.255 e. The van der Waals surface area contributed by atoms with Crippen molar-refractivity contribution in [1.29, 1.82) is 0 Å². The zero-order valence-corrected chi connectivity index (χ0v) is 10.1. The van der Waals surface area contributed by atoms with Crippen LogP contribution in [0.2, 0.25) is 0 Å². The molecule has 0 saturated carbocycles. The summed E-state index contributed by atoms with van der Waals surface area (Å²) in [7, 11) is 1.50. The SMILES string of the molecule is CCC(Cl)CNC(=O)c1ccncc1OC. The molecule has 1 aromatic heterocycles. The van der Waals surface area contributed by atoms with Crippen LogP contribution in [0.3, 0.4) is 0 Å². The Hall–Kier alpha value is -1.29. The van der Waals surface area contributed by atoms with Gasteiger partial charge in [-0.3, -0.25) is 9.78 Å². The van der Waals surface area contributed by atoms with Crippen LogP contribution in [0.4, 0.5) is 0 Å². The summed E-state index contributed by atoms with van der Waals surface area (Å²) in [6.07, 6.45) is 3.87. The molecule has 88 valence electrons. The first-order valence-corrected chi connectivity index (χ1v) is 5.53. The molecule has 1 aromatic rings. The molecule has 0 aliphatic heterocycles. The molecule has 1 N–H and O–H groups in total. The highest BCUT2D eigenvalue weighted by molar-refractivity contribution is 6.20. The van der Waals surface area contributed by atoms with Crippen molar-refractivity contribution in [3.8, 4) is 5.75 Å². The van der Waals surface area contributed by atoms with Gasteiger partial charge in [0.05, 0.1) is 24.2 Å². The quantitative estimate of drug-likeness (QED) is 0.802. The number of alkyl halides is 1. The first-order valence-electron chi connectivity index (χ1n) is 5.09. The summed E-state index contributed by atoms with van der Waals surface area (Å²) < 4.78 is 5.04. The number of carbonyl (C=O) groups is 1. The second-order valence-corrected chi connectivity index (χ2v) is 3.91. The van der Waals surface area contributed by atoms with Crippen LogP contribution in [0.1, 0.15) is 23.7 Å². The van der Waals surface area contributed by atoms with E-state index in [0.717, 1.165) is 6.42 Å². The van der Waals surface area contributed by atoms with E-state index in [2.05, 4.69) is 10.3 Å². The van der Waals surface area contributed by atoms with E-state index in [9.17, 15) is 4.79 Å². The Morgan fingerprint density at radius 1 is 1.69 bits per heavy atom. The van der Waals surface area contributed by atoms with E-state index in [1.807, 2.05) is 6.92 Å². The van der Waals surface area contributed by atoms with E-state index >= 15 is 0 Å². The normalized spacial score (nSPS) is 11.9. The van der Waals surface area contributed by atoms with Gasteiger partial charge in [0.15, 0.2) is 0 Å². The molecule has 5 heteroatoms. The van der Waals surface area contributed by atoms with Crippen LogP contribution in [0, 0.1) is 0 Å². The molecule has 1 atom stereocenters. The average Bonchev–Trinajstić information content (AvgIpc) is 2.35. The van der Waals surface area contributed by atoms with E-state index in [-0.39, 0.29) is 11.3 Å². The number of aromatic nitrogens is 1. The van der Waals surface area contributed by atoms with Crippen molar-refractivity contribution >= 4 is 17.5 Å². The lowest BCUT2D eigenvalue weighted by Crippen LogP contribution is -2.29. The molecule has 0 fully saturated rings. The fourth-order valence-electron chi connectivity index (χ4n) is 1.17. The van der Waals surface area contributed by atoms with Crippen molar-refractivity contribution in [1.82, 2.24) is 10.3 Å². The maximum atomic E-state index is 11.8. The summed E-state index contributed by atoms with van der Waals surface area (Å²) in [5.41, 5.74) is 0.470. The molecule has 1 rings (SSSR count). The summed E-state index contributed by atoms with van der Waals surface area (Å²) in [4.78, 5) is 15.6. The van der Waals surface area contributed by atoms with Gasteiger partial charge >= 0.3 is 0 Å². The molecule has 0 saturated heterocycles. The molecular weight excluding hydrogens is 228 g/mol. The maximum absolute atomic E-state index is 11.8. The van der Waals surface area contributed by atoms with Crippen LogP contribution in [0.25, 0.3) is 0 Å². The molecule has 1 heterocycles. The zero-order valence-electron chi connectivity index (χ0n) is 9.37. The molecule has 1 unspecified atom stereocenters. The van der Waals surface area contributed by atoms with Crippen LogP contribution in [0.15, 0.2) is 18.5 Å². The molecule has 1 amide bonds. The number of methoxy groups -OCH3 is 1. The Morgan fingerprint density at radius 2 is 2.44 bits per heavy atom. The highest BCUT2D eigenvalue weighted by atomic mass is 35.5. The third-order valence-corrected chi connectivity index (χ3v) is 2.64. The Balaban J connectivity index is 2.65. The van der Waals surface area contributed by atoms with Crippen molar-refractivity contribution in [3.63, 3.8) is 0 Å². The summed E-state index contributed by atoms with van der Waals surface area (Å²) in [5.74, 6) is 0.265. The number of nitrogens with zero attached hydrogens (tertiary/aromatic N) is 1. The molecular formula is C11H15ClN2O2. The Morgan fingerprint density at radius 3 is 3.06 bits per heavy atom. The van der Waals surface area contributed by atoms with Crippen LogP contribution >= 0.6 is 11.6 Å². The number of halogens is 1. The predicted octanol–water partition coefficient (Wildman–Crippen LogP) is 1.84. The molecule has 0 aromatic carbocycles. The zero-order chi connectivity index (χ0) is 12.0. The van der Waals surface area contributed by atoms with Crippen molar-refractivity contribution in [3.05, 3.63) is 24.0 Å². The number of amides is 1. The summed E-state index contributed by atoms with van der Waals surface area (Å²) in [6, 6.07) is 1.61. The van der Waals surface area contributed by atoms with E-state index in [4.69, 9.17) is 16.3 Å². The van der Waals surface area contributed by atoms with Gasteiger partial charge in [0.25, 0.3) is 5.91 Å². The van der Waals surface area contributed by atoms with Gasteiger partial charge in [-0.05, 0) is 12.5 Å². The molecule has 16 heavy (non-hydrogen) atoms. The monoisotopic (exact) mass is 242 g/mol. The third kappa shape index (κ3) is 3.38. The number of carbonyl (C=O) groups excluding carboxylic acids is 1. The standard InChI is InChI=1S/C11H15ClN2O2/c1-3-8(12)6-14-11(15)9-4-5-13-7-10(9)16-2/h4-5,7-8H,3,6H2,1-2H3,(H,14,15). The van der Waals surface area contributed by atoms with E-state index < -0.39 is 0 Å². The number of ether oxygens (including phenoxy) is 1. The molecule has 0 spiro atoms. The van der Waals surface area contributed by atoms with Crippen LogP contribution in [0.5, 0.6) is 5.75 Å². The van der Waals surface area contributed by atoms with Gasteiger partial charge in [0, 0.05) is 12.7 Å². The van der Waals surface area contributed by atoms with Gasteiger partial charge in [-0.2, -0.15) is 0 Å². The molecule has 4 nitrogen and oxygen atoms in total. The minimum Gasteiger partial charge on any atom is -0.494 e. The number of hydrogen-bond donors (Lipinski definition) is 1. The van der Waals surface area contributed by atoms with E-state index in [0.29, 0.717) is 17.9 Å². The lowest BCUT2D eigenvalue weighted by Gasteiger charge is -2.10. The van der Waals surface area contributed by atoms with Gasteiger partial charge in [-0.1, -0.05) is 6.92 Å². The van der Waals surface area contributed by atoms with E-state index in [1.54, 1.807) is 12.3 Å². The van der Waals surface area contributed by atoms with Crippen molar-refractivity contribution in [2.45, 2.75) is 18.7 Å². The molecule has 0 bridgehead atoms. The van der Waals surface area contributed by atoms with Crippen LogP contribution < -0.4 is 10.1 Å². The fraction of sp³-hybridized carbons (Fsp3) is 0.455. The number of pyridine rings is 1. The topological polar surface area (TPSA) is 51.2 Å². The lowest BCUT2D eigenvalue weighted by molar-refractivity contribution is 0.0950. The average molecular weight is 243 g/mol. The number of nitrogens with one attached hydrogen (secondary N) is 1. The van der Waals surface area contributed by atoms with Crippen LogP contribution in [-0.2, 0) is 0 Å². The first-order chi connectivity index (χ1) is 7.69. The number of hydrogen-bond acceptors (Lipinski definition) is 3. The van der Waals surface area contributed by atoms with Gasteiger partial charge in [0.2, 0.25) is 0 Å². The summed E-state index contributed by atoms with van der Waals surface area (Å²) >= 11 is 5.91. The van der Waals surface area contributed by atoms with Gasteiger partial charge in [-0.25, -0.2) is 0 Å². The Labute approximate surface area is 100.0 Å². The second-order valence-electron chi connectivity index (χ2n) is 3.29. The largest absolute Gasteiger partial charge is 0.494 e. The minimum atomic E-state index is -0.196. The minimum absolute atomic E-state index is 0.0446. The van der Waals surface area contributed by atoms with Crippen molar-refractivity contribution in [2.24, 2.45) is 0 Å². The second kappa shape index (κ2) is 6.33. The van der Waals surface area contributed by atoms with Crippen molar-refractivity contribution < 1.29 is 9.53 Å². The molecule has 0 aliphatic rings. The van der Waals surface area contributed by atoms with Gasteiger partial charge in [-0.15, -0.1) is 11.6 Å².